The van der Waals surface area contributed by atoms with E-state index < -0.39 is 0 Å². The van der Waals surface area contributed by atoms with Crippen LogP contribution in [0.15, 0.2) is 0 Å². The molecule has 0 atom stereocenters. The van der Waals surface area contributed by atoms with Crippen LogP contribution in [0.2, 0.25) is 0 Å². The van der Waals surface area contributed by atoms with E-state index in [1.807, 2.05) is 11.8 Å². The van der Waals surface area contributed by atoms with Gasteiger partial charge in [0.2, 0.25) is 11.8 Å². The Kier molecular flexibility index (Phi) is 3.92. The maximum absolute atomic E-state index is 11.2. The summed E-state index contributed by atoms with van der Waals surface area (Å²) in [6.07, 6.45) is 2.17. The number of carbonyl (C=O) groups is 2. The number of likely N-dealkylation sites (N-methyl/N-ethyl adjacent to an activating group) is 1. The van der Waals surface area contributed by atoms with Gasteiger partial charge in [0.15, 0.2) is 0 Å². The van der Waals surface area contributed by atoms with Crippen LogP contribution in [0.1, 0.15) is 26.2 Å². The van der Waals surface area contributed by atoms with E-state index in [2.05, 4.69) is 0 Å². The highest BCUT2D eigenvalue weighted by Crippen LogP contribution is 2.08. The van der Waals surface area contributed by atoms with Crippen LogP contribution >= 0.6 is 0 Å². The largest absolute Gasteiger partial charge is 0.344 e. The molecule has 0 saturated carbocycles. The van der Waals surface area contributed by atoms with Gasteiger partial charge in [0, 0.05) is 39.5 Å². The van der Waals surface area contributed by atoms with Crippen molar-refractivity contribution in [3.05, 3.63) is 0 Å². The molecule has 0 aliphatic carbocycles. The third kappa shape index (κ3) is 2.72. The second-order valence-electron chi connectivity index (χ2n) is 3.65. The molecule has 1 saturated heterocycles. The monoisotopic (exact) mass is 198 g/mol. The van der Waals surface area contributed by atoms with Gasteiger partial charge >= 0.3 is 0 Å². The minimum absolute atomic E-state index is 0.136. The molecule has 0 bridgehead atoms. The molecule has 1 aliphatic heterocycles. The molecule has 4 heteroatoms. The van der Waals surface area contributed by atoms with E-state index in [0.717, 1.165) is 13.0 Å². The Bertz CT molecular complexity index is 228. The van der Waals surface area contributed by atoms with Crippen LogP contribution in [0.5, 0.6) is 0 Å². The first-order valence-electron chi connectivity index (χ1n) is 5.17. The van der Waals surface area contributed by atoms with E-state index in [1.54, 1.807) is 11.9 Å². The Hall–Kier alpha value is -1.06. The van der Waals surface area contributed by atoms with Gasteiger partial charge in [-0.3, -0.25) is 9.59 Å². The Morgan fingerprint density at radius 3 is 2.79 bits per heavy atom. The topological polar surface area (TPSA) is 40.6 Å². The fourth-order valence-corrected chi connectivity index (χ4v) is 1.61. The number of amides is 2. The number of hydrogen-bond acceptors (Lipinski definition) is 2. The lowest BCUT2D eigenvalue weighted by atomic mass is 10.4. The van der Waals surface area contributed by atoms with Gasteiger partial charge in [0.25, 0.3) is 0 Å². The summed E-state index contributed by atoms with van der Waals surface area (Å²) in [6, 6.07) is 0. The highest BCUT2D eigenvalue weighted by molar-refractivity contribution is 5.78. The molecule has 1 heterocycles. The standard InChI is InChI=1S/C10H18N2O2/c1-3-9(13)11(2)7-8-12-6-4-5-10(12)14/h3-8H2,1-2H3. The Morgan fingerprint density at radius 1 is 1.57 bits per heavy atom. The van der Waals surface area contributed by atoms with Crippen LogP contribution in [-0.4, -0.2) is 48.3 Å². The van der Waals surface area contributed by atoms with Crippen molar-refractivity contribution in [1.29, 1.82) is 0 Å². The maximum atomic E-state index is 11.2. The SMILES string of the molecule is CCC(=O)N(C)CCN1CCCC1=O. The first kappa shape index (κ1) is 11.0. The number of rotatable bonds is 4. The van der Waals surface area contributed by atoms with E-state index >= 15 is 0 Å². The molecule has 1 aliphatic rings. The normalized spacial score (nSPS) is 16.1. The van der Waals surface area contributed by atoms with Crippen LogP contribution in [0.25, 0.3) is 0 Å². The lowest BCUT2D eigenvalue weighted by Crippen LogP contribution is -2.36. The number of nitrogens with zero attached hydrogens (tertiary/aromatic N) is 2. The van der Waals surface area contributed by atoms with Crippen molar-refractivity contribution in [2.24, 2.45) is 0 Å². The summed E-state index contributed by atoms with van der Waals surface area (Å²) >= 11 is 0. The summed E-state index contributed by atoms with van der Waals surface area (Å²) in [5.41, 5.74) is 0. The summed E-state index contributed by atoms with van der Waals surface area (Å²) in [5, 5.41) is 0. The van der Waals surface area contributed by atoms with Crippen LogP contribution in [0, 0.1) is 0 Å². The second kappa shape index (κ2) is 4.98. The van der Waals surface area contributed by atoms with Gasteiger partial charge in [0.05, 0.1) is 0 Å². The zero-order valence-electron chi connectivity index (χ0n) is 8.95. The van der Waals surface area contributed by atoms with E-state index in [-0.39, 0.29) is 11.8 Å². The first-order valence-corrected chi connectivity index (χ1v) is 5.17. The van der Waals surface area contributed by atoms with E-state index in [0.29, 0.717) is 25.9 Å². The van der Waals surface area contributed by atoms with E-state index in [9.17, 15) is 9.59 Å². The minimum Gasteiger partial charge on any atom is -0.344 e. The van der Waals surface area contributed by atoms with Crippen LogP contribution in [-0.2, 0) is 9.59 Å². The lowest BCUT2D eigenvalue weighted by Gasteiger charge is -2.21. The van der Waals surface area contributed by atoms with Gasteiger partial charge in [-0.15, -0.1) is 0 Å². The van der Waals surface area contributed by atoms with Gasteiger partial charge in [-0.2, -0.15) is 0 Å². The zero-order chi connectivity index (χ0) is 10.6. The fraction of sp³-hybridized carbons (Fsp3) is 0.800. The molecule has 2 amide bonds. The van der Waals surface area contributed by atoms with Crippen LogP contribution in [0.4, 0.5) is 0 Å². The highest BCUT2D eigenvalue weighted by atomic mass is 16.2. The van der Waals surface area contributed by atoms with Crippen molar-refractivity contribution in [3.63, 3.8) is 0 Å². The molecule has 0 aromatic carbocycles. The third-order valence-electron chi connectivity index (χ3n) is 2.60. The molecule has 14 heavy (non-hydrogen) atoms. The van der Waals surface area contributed by atoms with Gasteiger partial charge < -0.3 is 9.80 Å². The van der Waals surface area contributed by atoms with Crippen LogP contribution in [0.3, 0.4) is 0 Å². The molecule has 0 radical (unpaired) electrons. The molecular formula is C10H18N2O2. The van der Waals surface area contributed by atoms with Crippen molar-refractivity contribution in [2.45, 2.75) is 26.2 Å². The minimum atomic E-state index is 0.136. The molecule has 4 nitrogen and oxygen atoms in total. The van der Waals surface area contributed by atoms with E-state index in [4.69, 9.17) is 0 Å². The first-order chi connectivity index (χ1) is 6.65. The predicted octanol–water partition coefficient (Wildman–Crippen LogP) is 0.477. The van der Waals surface area contributed by atoms with E-state index in [1.165, 1.54) is 0 Å². The number of likely N-dealkylation sites (tertiary alicyclic amines) is 1. The van der Waals surface area contributed by atoms with Gasteiger partial charge in [-0.05, 0) is 6.42 Å². The molecule has 0 spiro atoms. The summed E-state index contributed by atoms with van der Waals surface area (Å²) in [4.78, 5) is 26.0. The molecule has 0 aromatic heterocycles. The molecule has 0 N–H and O–H groups in total. The number of hydrogen-bond donors (Lipinski definition) is 0. The zero-order valence-corrected chi connectivity index (χ0v) is 8.95. The molecule has 0 unspecified atom stereocenters. The molecule has 80 valence electrons. The maximum Gasteiger partial charge on any atom is 0.222 e. The average Bonchev–Trinajstić information content (AvgIpc) is 2.59. The summed E-state index contributed by atoms with van der Waals surface area (Å²) in [5.74, 6) is 0.360. The van der Waals surface area contributed by atoms with Crippen molar-refractivity contribution in [3.8, 4) is 0 Å². The molecule has 1 fully saturated rings. The predicted molar refractivity (Wildman–Crippen MR) is 53.7 cm³/mol. The Balaban J connectivity index is 2.26. The highest BCUT2D eigenvalue weighted by Gasteiger charge is 2.20. The Labute approximate surface area is 84.9 Å². The lowest BCUT2D eigenvalue weighted by molar-refractivity contribution is -0.132. The van der Waals surface area contributed by atoms with Crippen molar-refractivity contribution >= 4 is 11.8 Å². The second-order valence-corrected chi connectivity index (χ2v) is 3.65. The third-order valence-corrected chi connectivity index (χ3v) is 2.60. The molecule has 0 aromatic rings. The Morgan fingerprint density at radius 2 is 2.29 bits per heavy atom. The van der Waals surface area contributed by atoms with Gasteiger partial charge in [-0.1, -0.05) is 6.92 Å². The van der Waals surface area contributed by atoms with Crippen LogP contribution < -0.4 is 0 Å². The average molecular weight is 198 g/mol. The summed E-state index contributed by atoms with van der Waals surface area (Å²) in [6.45, 7) is 4.03. The quantitative estimate of drug-likeness (QED) is 0.659. The van der Waals surface area contributed by atoms with Crippen molar-refractivity contribution in [1.82, 2.24) is 9.80 Å². The van der Waals surface area contributed by atoms with Crippen molar-refractivity contribution in [2.75, 3.05) is 26.7 Å². The van der Waals surface area contributed by atoms with Gasteiger partial charge in [-0.25, -0.2) is 0 Å². The van der Waals surface area contributed by atoms with Crippen molar-refractivity contribution < 1.29 is 9.59 Å². The fourth-order valence-electron chi connectivity index (χ4n) is 1.61. The summed E-state index contributed by atoms with van der Waals surface area (Å²) < 4.78 is 0. The summed E-state index contributed by atoms with van der Waals surface area (Å²) in [7, 11) is 1.78. The van der Waals surface area contributed by atoms with Gasteiger partial charge in [0.1, 0.15) is 0 Å². The number of carbonyl (C=O) groups excluding carboxylic acids is 2. The molecular weight excluding hydrogens is 180 g/mol. The molecule has 1 rings (SSSR count). The smallest absolute Gasteiger partial charge is 0.222 e.